The molecule has 1 unspecified atom stereocenters. The third-order valence-corrected chi connectivity index (χ3v) is 5.80. The number of hydrogen-bond donors (Lipinski definition) is 1. The average Bonchev–Trinajstić information content (AvgIpc) is 3.38. The average molecular weight is 515 g/mol. The standard InChI is InChI=1S/C22H21F3N6O.2ClH/c1-32-16-5-2-13-3-6-17(27-18(13)10-16)21-29-28-19-7-4-14(11-31(19)21)20(22(23,24)25)30-9-8-15(26)12-30;;/h2-7,10-11,15,20H,8-9,12,26H2,1H3;2*1H/t15?,20-;;/m1../s1. The van der Waals surface area contributed by atoms with Gasteiger partial charge in [0.15, 0.2) is 11.5 Å². The molecule has 182 valence electrons. The van der Waals surface area contributed by atoms with Crippen molar-refractivity contribution in [2.45, 2.75) is 24.7 Å². The van der Waals surface area contributed by atoms with Crippen molar-refractivity contribution >= 4 is 41.4 Å². The van der Waals surface area contributed by atoms with Gasteiger partial charge in [0.05, 0.1) is 12.6 Å². The van der Waals surface area contributed by atoms with E-state index in [1.165, 1.54) is 17.2 Å². The van der Waals surface area contributed by atoms with E-state index >= 15 is 0 Å². The normalized spacial score (nSPS) is 17.4. The molecule has 1 aromatic carbocycles. The maximum absolute atomic E-state index is 14.0. The van der Waals surface area contributed by atoms with Crippen LogP contribution in [0.5, 0.6) is 5.75 Å². The molecule has 1 aliphatic heterocycles. The number of alkyl halides is 3. The van der Waals surface area contributed by atoms with E-state index in [-0.39, 0.29) is 43.0 Å². The first-order valence-electron chi connectivity index (χ1n) is 10.2. The lowest BCUT2D eigenvalue weighted by atomic mass is 10.1. The Kier molecular flexibility index (Phi) is 7.56. The highest BCUT2D eigenvalue weighted by molar-refractivity contribution is 5.85. The van der Waals surface area contributed by atoms with E-state index in [9.17, 15) is 13.2 Å². The topological polar surface area (TPSA) is 81.6 Å². The Morgan fingerprint density at radius 1 is 1.09 bits per heavy atom. The van der Waals surface area contributed by atoms with Crippen LogP contribution < -0.4 is 10.5 Å². The minimum Gasteiger partial charge on any atom is -0.497 e. The van der Waals surface area contributed by atoms with Crippen LogP contribution in [0.1, 0.15) is 18.0 Å². The second kappa shape index (κ2) is 9.91. The summed E-state index contributed by atoms with van der Waals surface area (Å²) in [4.78, 5) is 6.02. The maximum atomic E-state index is 14.0. The van der Waals surface area contributed by atoms with Crippen LogP contribution in [0.15, 0.2) is 48.7 Å². The summed E-state index contributed by atoms with van der Waals surface area (Å²) in [5, 5.41) is 9.21. The smallest absolute Gasteiger partial charge is 0.408 e. The molecule has 0 amide bonds. The van der Waals surface area contributed by atoms with Crippen LogP contribution in [0.25, 0.3) is 28.1 Å². The van der Waals surface area contributed by atoms with Gasteiger partial charge in [-0.1, -0.05) is 12.1 Å². The van der Waals surface area contributed by atoms with Gasteiger partial charge >= 0.3 is 6.18 Å². The number of halogens is 5. The third-order valence-electron chi connectivity index (χ3n) is 5.80. The van der Waals surface area contributed by atoms with E-state index in [4.69, 9.17) is 10.5 Å². The van der Waals surface area contributed by atoms with Crippen molar-refractivity contribution < 1.29 is 17.9 Å². The molecule has 0 saturated carbocycles. The second-order valence-corrected chi connectivity index (χ2v) is 7.96. The Morgan fingerprint density at radius 2 is 1.85 bits per heavy atom. The molecule has 2 atom stereocenters. The number of aromatic nitrogens is 4. The summed E-state index contributed by atoms with van der Waals surface area (Å²) in [5.41, 5.74) is 7.62. The second-order valence-electron chi connectivity index (χ2n) is 7.96. The first-order valence-corrected chi connectivity index (χ1v) is 10.2. The fourth-order valence-corrected chi connectivity index (χ4v) is 4.25. The number of benzene rings is 1. The van der Waals surface area contributed by atoms with E-state index in [2.05, 4.69) is 15.2 Å². The summed E-state index contributed by atoms with van der Waals surface area (Å²) in [6.07, 6.45) is -2.45. The molecule has 0 radical (unpaired) electrons. The lowest BCUT2D eigenvalue weighted by molar-refractivity contribution is -0.183. The van der Waals surface area contributed by atoms with Gasteiger partial charge in [-0.05, 0) is 36.2 Å². The Hall–Kier alpha value is -2.66. The molecule has 34 heavy (non-hydrogen) atoms. The zero-order valence-electron chi connectivity index (χ0n) is 18.1. The number of pyridine rings is 2. The molecule has 7 nitrogen and oxygen atoms in total. The van der Waals surface area contributed by atoms with Crippen LogP contribution in [-0.4, -0.2) is 56.9 Å². The predicted octanol–water partition coefficient (Wildman–Crippen LogP) is 4.43. The largest absolute Gasteiger partial charge is 0.497 e. The molecule has 0 spiro atoms. The number of nitrogens with zero attached hydrogens (tertiary/aromatic N) is 5. The Balaban J connectivity index is 0.00000162. The molecule has 1 fully saturated rings. The molecular weight excluding hydrogens is 492 g/mol. The lowest BCUT2D eigenvalue weighted by Gasteiger charge is -2.30. The van der Waals surface area contributed by atoms with Gasteiger partial charge in [-0.2, -0.15) is 13.2 Å². The summed E-state index contributed by atoms with van der Waals surface area (Å²) >= 11 is 0. The number of ether oxygens (including phenoxy) is 1. The molecule has 0 aliphatic carbocycles. The monoisotopic (exact) mass is 514 g/mol. The van der Waals surface area contributed by atoms with Gasteiger partial charge in [-0.15, -0.1) is 35.0 Å². The molecule has 3 aromatic heterocycles. The zero-order valence-corrected chi connectivity index (χ0v) is 19.7. The maximum Gasteiger partial charge on any atom is 0.408 e. The number of likely N-dealkylation sites (tertiary alicyclic amines) is 1. The SMILES string of the molecule is COc1ccc2ccc(-c3nnc4ccc([C@@H](N5CCC(N)C5)C(F)(F)F)cn34)nc2c1.Cl.Cl. The highest BCUT2D eigenvalue weighted by atomic mass is 35.5. The van der Waals surface area contributed by atoms with E-state index in [1.807, 2.05) is 18.2 Å². The van der Waals surface area contributed by atoms with E-state index in [0.717, 1.165) is 5.39 Å². The number of hydrogen-bond acceptors (Lipinski definition) is 6. The van der Waals surface area contributed by atoms with Crippen LogP contribution >= 0.6 is 24.8 Å². The van der Waals surface area contributed by atoms with Gasteiger partial charge in [0, 0.05) is 36.8 Å². The first-order chi connectivity index (χ1) is 15.3. The molecule has 0 bridgehead atoms. The Labute approximate surface area is 205 Å². The Bertz CT molecular complexity index is 1300. The van der Waals surface area contributed by atoms with Crippen molar-refractivity contribution in [1.29, 1.82) is 0 Å². The van der Waals surface area contributed by atoms with Gasteiger partial charge in [-0.25, -0.2) is 4.98 Å². The number of methoxy groups -OCH3 is 1. The van der Waals surface area contributed by atoms with Crippen molar-refractivity contribution in [1.82, 2.24) is 24.5 Å². The molecule has 2 N–H and O–H groups in total. The third kappa shape index (κ3) is 4.76. The van der Waals surface area contributed by atoms with Crippen LogP contribution in [0.4, 0.5) is 13.2 Å². The summed E-state index contributed by atoms with van der Waals surface area (Å²) in [6.45, 7) is 0.498. The van der Waals surface area contributed by atoms with Crippen LogP contribution in [-0.2, 0) is 0 Å². The van der Waals surface area contributed by atoms with E-state index in [1.54, 1.807) is 29.7 Å². The highest BCUT2D eigenvalue weighted by Gasteiger charge is 2.46. The van der Waals surface area contributed by atoms with Gasteiger partial charge in [0.2, 0.25) is 0 Å². The highest BCUT2D eigenvalue weighted by Crippen LogP contribution is 2.39. The molecule has 5 rings (SSSR count). The Morgan fingerprint density at radius 3 is 2.53 bits per heavy atom. The van der Waals surface area contributed by atoms with Gasteiger partial charge in [-0.3, -0.25) is 9.30 Å². The quantitative estimate of drug-likeness (QED) is 0.433. The first kappa shape index (κ1) is 26.0. The number of nitrogens with two attached hydrogens (primary N) is 1. The molecule has 1 aliphatic rings. The summed E-state index contributed by atoms with van der Waals surface area (Å²) in [6, 6.07) is 10.2. The number of fused-ring (bicyclic) bond motifs is 2. The van der Waals surface area contributed by atoms with Crippen molar-refractivity contribution in [3.05, 3.63) is 54.2 Å². The number of rotatable bonds is 4. The van der Waals surface area contributed by atoms with Crippen molar-refractivity contribution in [3.8, 4) is 17.3 Å². The summed E-state index contributed by atoms with van der Waals surface area (Å²) in [5.74, 6) is 1.03. The molecule has 1 saturated heterocycles. The van der Waals surface area contributed by atoms with Gasteiger partial charge in [0.1, 0.15) is 17.5 Å². The van der Waals surface area contributed by atoms with Crippen molar-refractivity contribution in [2.24, 2.45) is 5.73 Å². The zero-order chi connectivity index (χ0) is 22.5. The predicted molar refractivity (Wildman–Crippen MR) is 128 cm³/mol. The van der Waals surface area contributed by atoms with Crippen molar-refractivity contribution in [3.63, 3.8) is 0 Å². The minimum absolute atomic E-state index is 0. The van der Waals surface area contributed by atoms with Crippen molar-refractivity contribution in [2.75, 3.05) is 20.2 Å². The van der Waals surface area contributed by atoms with Crippen LogP contribution in [0.3, 0.4) is 0 Å². The minimum atomic E-state index is -4.44. The van der Waals surface area contributed by atoms with Crippen LogP contribution in [0, 0.1) is 0 Å². The fourth-order valence-electron chi connectivity index (χ4n) is 4.25. The van der Waals surface area contributed by atoms with E-state index < -0.39 is 12.2 Å². The van der Waals surface area contributed by atoms with Gasteiger partial charge in [0.25, 0.3) is 0 Å². The lowest BCUT2D eigenvalue weighted by Crippen LogP contribution is -2.38. The molecule has 12 heteroatoms. The summed E-state index contributed by atoms with van der Waals surface area (Å²) < 4.78 is 48.9. The fraction of sp³-hybridized carbons (Fsp3) is 0.318. The summed E-state index contributed by atoms with van der Waals surface area (Å²) in [7, 11) is 1.57. The van der Waals surface area contributed by atoms with E-state index in [0.29, 0.717) is 41.4 Å². The molecular formula is C22H23Cl2F3N6O. The molecule has 4 aromatic rings. The van der Waals surface area contributed by atoms with Gasteiger partial charge < -0.3 is 10.5 Å². The van der Waals surface area contributed by atoms with Crippen LogP contribution in [0.2, 0.25) is 0 Å². The molecule has 4 heterocycles.